The van der Waals surface area contributed by atoms with Crippen LogP contribution >= 0.6 is 0 Å². The van der Waals surface area contributed by atoms with Crippen molar-refractivity contribution in [1.29, 1.82) is 21.0 Å². The Kier molecular flexibility index (Phi) is 38.2. The predicted octanol–water partition coefficient (Wildman–Crippen LogP) is 17.1. The average molecular weight is 1460 g/mol. The van der Waals surface area contributed by atoms with Gasteiger partial charge < -0.3 is 61.3 Å². The van der Waals surface area contributed by atoms with Crippen LogP contribution in [0.15, 0.2) is 121 Å². The first-order valence-corrected chi connectivity index (χ1v) is 27.5. The standard InChI is InChI=1S/2C30H28N2.4C2H3N.4NO3.2Pd/c2*1-17-13-19(3)27(20(4)14-17)25-11-9-23-7-8-24-10-12-26(32-30(24)29(23)31-25)28-21(5)15-18(2)16-22(28)6;4*1-2-3;4*2-1(3)4;;/h2*7-16H,1-6H3;4*1H3;;;;;;/q;;;;;;4*-1;2*+2. The summed E-state index contributed by atoms with van der Waals surface area (Å²) in [7, 11) is 0. The zero-order valence-corrected chi connectivity index (χ0v) is 57.6. The van der Waals surface area contributed by atoms with Gasteiger partial charge in [-0.15, -0.1) is 0 Å². The Hall–Kier alpha value is -11.0. The third-order valence-electron chi connectivity index (χ3n) is 12.8. The summed E-state index contributed by atoms with van der Waals surface area (Å²) in [6.07, 6.45) is 0. The summed E-state index contributed by atoms with van der Waals surface area (Å²) in [5, 5.41) is 92.7. The molecule has 0 aliphatic rings. The van der Waals surface area contributed by atoms with Crippen molar-refractivity contribution in [1.82, 2.24) is 19.9 Å². The molecular weight excluding hydrogens is 1390 g/mol. The van der Waals surface area contributed by atoms with Gasteiger partial charge in [-0.05, 0) is 152 Å². The number of fused-ring (bicyclic) bond motifs is 6. The summed E-state index contributed by atoms with van der Waals surface area (Å²) >= 11 is 0. The molecule has 6 aromatic carbocycles. The molecule has 0 atom stereocenters. The summed E-state index contributed by atoms with van der Waals surface area (Å²) in [6, 6.07) is 50.7. The Balaban J connectivity index is 0. The van der Waals surface area contributed by atoms with E-state index < -0.39 is 20.3 Å². The third-order valence-corrected chi connectivity index (χ3v) is 12.8. The quantitative estimate of drug-likeness (QED) is 0.0683. The minimum Gasteiger partial charge on any atom is -0.356 e. The monoisotopic (exact) mass is 1460 g/mol. The Labute approximate surface area is 571 Å². The van der Waals surface area contributed by atoms with Gasteiger partial charge in [0.1, 0.15) is 0 Å². The molecule has 4 heterocycles. The molecule has 0 amide bonds. The van der Waals surface area contributed by atoms with E-state index in [2.05, 4.69) is 204 Å². The number of rotatable bonds is 4. The Morgan fingerprint density at radius 1 is 0.277 bits per heavy atom. The molecule has 4 aromatic heterocycles. The van der Waals surface area contributed by atoms with Crippen molar-refractivity contribution in [2.75, 3.05) is 0 Å². The minimum atomic E-state index is -1.75. The van der Waals surface area contributed by atoms with Crippen LogP contribution in [0.1, 0.15) is 94.5 Å². The number of nitrogens with zero attached hydrogens (tertiary/aromatic N) is 12. The molecular formula is C68H68N12O12Pd2. The van der Waals surface area contributed by atoms with Gasteiger partial charge in [-0.2, -0.15) is 21.0 Å². The van der Waals surface area contributed by atoms with Crippen LogP contribution in [0.2, 0.25) is 0 Å². The zero-order valence-electron chi connectivity index (χ0n) is 54.4. The van der Waals surface area contributed by atoms with Gasteiger partial charge in [-0.25, -0.2) is 19.9 Å². The molecule has 0 fully saturated rings. The molecule has 0 saturated heterocycles. The molecule has 10 aromatic rings. The van der Waals surface area contributed by atoms with Crippen LogP contribution in [0, 0.1) is 190 Å². The van der Waals surface area contributed by atoms with E-state index in [-0.39, 0.29) is 40.8 Å². The van der Waals surface area contributed by atoms with Gasteiger partial charge in [0.05, 0.1) is 89.5 Å². The number of aryl methyl sites for hydroxylation is 12. The van der Waals surface area contributed by atoms with Crippen molar-refractivity contribution in [3.63, 3.8) is 0 Å². The Morgan fingerprint density at radius 3 is 0.500 bits per heavy atom. The number of pyridine rings is 4. The summed E-state index contributed by atoms with van der Waals surface area (Å²) in [6.45, 7) is 31.7. The van der Waals surface area contributed by atoms with Gasteiger partial charge in [0.25, 0.3) is 0 Å². The van der Waals surface area contributed by atoms with Gasteiger partial charge in [-0.3, -0.25) is 0 Å². The van der Waals surface area contributed by atoms with Crippen molar-refractivity contribution in [2.45, 2.75) is 111 Å². The fourth-order valence-corrected chi connectivity index (χ4v) is 10.4. The number of hydrogen-bond acceptors (Lipinski definition) is 20. The predicted molar refractivity (Wildman–Crippen MR) is 359 cm³/mol. The van der Waals surface area contributed by atoms with Gasteiger partial charge in [0, 0.05) is 71.5 Å². The third kappa shape index (κ3) is 26.9. The molecule has 0 unspecified atom stereocenters. The summed E-state index contributed by atoms with van der Waals surface area (Å²) in [4.78, 5) is 53.6. The fraction of sp³-hybridized carbons (Fsp3) is 0.235. The molecule has 0 aliphatic heterocycles. The van der Waals surface area contributed by atoms with Crippen molar-refractivity contribution in [3.8, 4) is 69.3 Å². The maximum Gasteiger partial charge on any atom is 2.00 e. The number of aromatic nitrogens is 4. The molecule has 10 rings (SSSR count). The molecule has 492 valence electrons. The molecule has 0 bridgehead atoms. The van der Waals surface area contributed by atoms with Crippen LogP contribution in [0.4, 0.5) is 0 Å². The van der Waals surface area contributed by atoms with Gasteiger partial charge in [0.15, 0.2) is 0 Å². The molecule has 0 aliphatic carbocycles. The normalized spacial score (nSPS) is 9.15. The average Bonchev–Trinajstić information content (AvgIpc) is 0.771. The van der Waals surface area contributed by atoms with Crippen molar-refractivity contribution < 1.29 is 61.2 Å². The molecule has 24 nitrogen and oxygen atoms in total. The smallest absolute Gasteiger partial charge is 0.356 e. The largest absolute Gasteiger partial charge is 2.00 e. The van der Waals surface area contributed by atoms with Gasteiger partial charge in [0.2, 0.25) is 0 Å². The second-order valence-corrected chi connectivity index (χ2v) is 20.1. The molecule has 0 radical (unpaired) electrons. The van der Waals surface area contributed by atoms with E-state index >= 15 is 0 Å². The number of hydrogen-bond donors (Lipinski definition) is 0. The first-order chi connectivity index (χ1) is 43.2. The molecule has 0 saturated carbocycles. The van der Waals surface area contributed by atoms with E-state index in [0.29, 0.717) is 0 Å². The van der Waals surface area contributed by atoms with E-state index in [0.717, 1.165) is 66.4 Å². The SMILES string of the molecule is CC#N.CC#N.CC#N.CC#N.Cc1cc(C)c(-c2ccc3ccc4ccc(-c5c(C)cc(C)cc5C)nc4c3n2)c(C)c1.Cc1cc(C)c(-c2ccc3ccc4ccc(-c5c(C)cc(C)cc5C)nc4c3n2)c(C)c1.O=[N+]([O-])[O-].O=[N+]([O-])[O-].O=[N+]([O-])[O-].O=[N+]([O-])[O-].[Pd+2].[Pd+2]. The first kappa shape index (κ1) is 85.1. The van der Waals surface area contributed by atoms with E-state index in [4.69, 9.17) is 102 Å². The van der Waals surface area contributed by atoms with Crippen molar-refractivity contribution in [2.24, 2.45) is 0 Å². The van der Waals surface area contributed by atoms with Crippen molar-refractivity contribution in [3.05, 3.63) is 249 Å². The zero-order chi connectivity index (χ0) is 70.3. The van der Waals surface area contributed by atoms with E-state index in [1.807, 2.05) is 0 Å². The fourth-order valence-electron chi connectivity index (χ4n) is 10.4. The second kappa shape index (κ2) is 42.2. The number of nitriles is 4. The minimum absolute atomic E-state index is 0. The van der Waals surface area contributed by atoms with E-state index in [1.54, 1.807) is 24.3 Å². The van der Waals surface area contributed by atoms with Crippen molar-refractivity contribution >= 4 is 43.6 Å². The van der Waals surface area contributed by atoms with Crippen LogP contribution in [0.25, 0.3) is 88.6 Å². The molecule has 0 N–H and O–H groups in total. The first-order valence-electron chi connectivity index (χ1n) is 27.5. The molecule has 94 heavy (non-hydrogen) atoms. The van der Waals surface area contributed by atoms with Crippen LogP contribution in [-0.2, 0) is 40.8 Å². The van der Waals surface area contributed by atoms with Gasteiger partial charge >= 0.3 is 40.8 Å². The second-order valence-electron chi connectivity index (χ2n) is 20.1. The van der Waals surface area contributed by atoms with E-state index in [9.17, 15) is 0 Å². The Bertz CT molecular complexity index is 3790. The van der Waals surface area contributed by atoms with Crippen LogP contribution < -0.4 is 0 Å². The molecule has 0 spiro atoms. The van der Waals surface area contributed by atoms with E-state index in [1.165, 1.54) is 117 Å². The summed E-state index contributed by atoms with van der Waals surface area (Å²) < 4.78 is 0. The van der Waals surface area contributed by atoms with Crippen LogP contribution in [0.5, 0.6) is 0 Å². The van der Waals surface area contributed by atoms with Crippen LogP contribution in [0.3, 0.4) is 0 Å². The number of benzene rings is 6. The topological polar surface area (TPSA) is 412 Å². The maximum atomic E-state index is 8.25. The summed E-state index contributed by atoms with van der Waals surface area (Å²) in [5.74, 6) is 0. The Morgan fingerprint density at radius 2 is 0.383 bits per heavy atom. The maximum absolute atomic E-state index is 8.25. The molecule has 26 heteroatoms. The summed E-state index contributed by atoms with van der Waals surface area (Å²) in [5.41, 5.74) is 28.0. The van der Waals surface area contributed by atoms with Crippen LogP contribution in [-0.4, -0.2) is 40.3 Å². The van der Waals surface area contributed by atoms with Gasteiger partial charge in [-0.1, -0.05) is 119 Å².